The van der Waals surface area contributed by atoms with Crippen LogP contribution in [0.1, 0.15) is 16.1 Å². The van der Waals surface area contributed by atoms with Crippen LogP contribution in [0.4, 0.5) is 0 Å². The van der Waals surface area contributed by atoms with Crippen molar-refractivity contribution in [3.63, 3.8) is 0 Å². The van der Waals surface area contributed by atoms with Crippen LogP contribution in [0.5, 0.6) is 0 Å². The summed E-state index contributed by atoms with van der Waals surface area (Å²) in [6, 6.07) is 1.77. The number of ketones is 1. The first-order chi connectivity index (χ1) is 7.08. The quantitative estimate of drug-likeness (QED) is 0.782. The second-order valence-corrected chi connectivity index (χ2v) is 6.59. The summed E-state index contributed by atoms with van der Waals surface area (Å²) in [5, 5.41) is 7.50. The Bertz CT molecular complexity index is 520. The average Bonchev–Trinajstić information content (AvgIpc) is 2.71. The van der Waals surface area contributed by atoms with Gasteiger partial charge in [0.05, 0.1) is 19.3 Å². The number of aryl methyl sites for hydroxylation is 1. The number of carbonyl (C=O) groups is 1. The molecule has 0 atom stereocenters. The Morgan fingerprint density at radius 3 is 2.73 bits per heavy atom. The molecule has 0 unspecified atom stereocenters. The van der Waals surface area contributed by atoms with E-state index in [2.05, 4.69) is 42.2 Å². The fourth-order valence-corrected chi connectivity index (χ4v) is 3.88. The second-order valence-electron chi connectivity index (χ2n) is 2.84. The molecule has 2 rings (SSSR count). The lowest BCUT2D eigenvalue weighted by molar-refractivity contribution is 0.103. The molecule has 2 aromatic rings. The number of aromatic nitrogens is 3. The van der Waals surface area contributed by atoms with E-state index < -0.39 is 0 Å². The van der Waals surface area contributed by atoms with E-state index >= 15 is 0 Å². The zero-order valence-corrected chi connectivity index (χ0v) is 11.6. The van der Waals surface area contributed by atoms with E-state index in [1.54, 1.807) is 19.3 Å². The second kappa shape index (κ2) is 4.15. The van der Waals surface area contributed by atoms with Crippen molar-refractivity contribution in [3.8, 4) is 0 Å². The van der Waals surface area contributed by atoms with E-state index in [4.69, 9.17) is 0 Å². The van der Waals surface area contributed by atoms with Crippen LogP contribution in [0.3, 0.4) is 0 Å². The lowest BCUT2D eigenvalue weighted by Gasteiger charge is -1.92. The van der Waals surface area contributed by atoms with Gasteiger partial charge in [0.15, 0.2) is 5.69 Å². The number of thiophene rings is 1. The van der Waals surface area contributed by atoms with Gasteiger partial charge in [-0.05, 0) is 37.9 Å². The Labute approximate surface area is 107 Å². The zero-order valence-electron chi connectivity index (χ0n) is 7.57. The van der Waals surface area contributed by atoms with Crippen LogP contribution >= 0.6 is 43.2 Å². The van der Waals surface area contributed by atoms with Gasteiger partial charge < -0.3 is 0 Å². The molecule has 2 heterocycles. The maximum absolute atomic E-state index is 11.9. The Balaban J connectivity index is 2.40. The summed E-state index contributed by atoms with van der Waals surface area (Å²) >= 11 is 8.12. The fraction of sp³-hybridized carbons (Fsp3) is 0.125. The van der Waals surface area contributed by atoms with Gasteiger partial charge in [-0.25, -0.2) is 0 Å². The highest BCUT2D eigenvalue weighted by Crippen LogP contribution is 2.32. The number of hydrogen-bond acceptors (Lipinski definition) is 4. The van der Waals surface area contributed by atoms with E-state index in [9.17, 15) is 4.79 Å². The highest BCUT2D eigenvalue weighted by Gasteiger charge is 2.18. The molecule has 15 heavy (non-hydrogen) atoms. The summed E-state index contributed by atoms with van der Waals surface area (Å²) in [7, 11) is 1.72. The molecule has 0 aromatic carbocycles. The van der Waals surface area contributed by atoms with Gasteiger partial charge in [-0.3, -0.25) is 9.48 Å². The molecule has 0 saturated heterocycles. The van der Waals surface area contributed by atoms with Crippen molar-refractivity contribution >= 4 is 49.0 Å². The summed E-state index contributed by atoms with van der Waals surface area (Å²) in [6.07, 6.45) is 1.60. The van der Waals surface area contributed by atoms with Crippen molar-refractivity contribution < 1.29 is 4.79 Å². The average molecular weight is 351 g/mol. The molecule has 0 aliphatic rings. The monoisotopic (exact) mass is 349 g/mol. The van der Waals surface area contributed by atoms with Crippen LogP contribution < -0.4 is 0 Å². The predicted octanol–water partition coefficient (Wildman–Crippen LogP) is 2.63. The van der Waals surface area contributed by atoms with Gasteiger partial charge in [0.1, 0.15) is 0 Å². The molecular formula is C8H5Br2N3OS. The molecule has 0 radical (unpaired) electrons. The Hall–Kier alpha value is -0.530. The zero-order chi connectivity index (χ0) is 11.0. The molecule has 0 amide bonds. The molecule has 0 bridgehead atoms. The standard InChI is InChI=1S/C8H5Br2N3OS/c1-13-3-5(11-12-13)7(14)4-2-6(9)15-8(4)10/h2-3H,1H3. The van der Waals surface area contributed by atoms with E-state index in [1.165, 1.54) is 16.0 Å². The molecule has 0 spiro atoms. The summed E-state index contributed by atoms with van der Waals surface area (Å²) in [4.78, 5) is 11.9. The third kappa shape index (κ3) is 2.19. The van der Waals surface area contributed by atoms with Crippen molar-refractivity contribution in [2.45, 2.75) is 0 Å². The van der Waals surface area contributed by atoms with Gasteiger partial charge in [-0.15, -0.1) is 16.4 Å². The van der Waals surface area contributed by atoms with Crippen molar-refractivity contribution in [1.29, 1.82) is 0 Å². The number of nitrogens with zero attached hydrogens (tertiary/aromatic N) is 3. The number of carbonyl (C=O) groups excluding carboxylic acids is 1. The first kappa shape index (κ1) is 11.0. The first-order valence-corrected chi connectivity index (χ1v) is 6.34. The SMILES string of the molecule is Cn1cc(C(=O)c2cc(Br)sc2Br)nn1. The summed E-state index contributed by atoms with van der Waals surface area (Å²) < 4.78 is 3.20. The minimum atomic E-state index is -0.128. The summed E-state index contributed by atoms with van der Waals surface area (Å²) in [5.41, 5.74) is 0.955. The minimum absolute atomic E-state index is 0.128. The van der Waals surface area contributed by atoms with Crippen LogP contribution in [-0.4, -0.2) is 20.8 Å². The molecular weight excluding hydrogens is 346 g/mol. The molecule has 0 fully saturated rings. The van der Waals surface area contributed by atoms with Gasteiger partial charge in [-0.2, -0.15) is 0 Å². The van der Waals surface area contributed by atoms with Crippen LogP contribution in [0, 0.1) is 0 Å². The maximum atomic E-state index is 11.9. The normalized spacial score (nSPS) is 10.6. The maximum Gasteiger partial charge on any atom is 0.216 e. The predicted molar refractivity (Wildman–Crippen MR) is 64.2 cm³/mol. The van der Waals surface area contributed by atoms with Crippen LogP contribution in [-0.2, 0) is 7.05 Å². The smallest absolute Gasteiger partial charge is 0.216 e. The van der Waals surface area contributed by atoms with Gasteiger partial charge in [0.2, 0.25) is 5.78 Å². The van der Waals surface area contributed by atoms with Gasteiger partial charge in [-0.1, -0.05) is 5.21 Å². The van der Waals surface area contributed by atoms with E-state index in [0.717, 1.165) is 7.57 Å². The van der Waals surface area contributed by atoms with Crippen molar-refractivity contribution in [3.05, 3.63) is 31.1 Å². The number of rotatable bonds is 2. The highest BCUT2D eigenvalue weighted by molar-refractivity contribution is 9.12. The summed E-state index contributed by atoms with van der Waals surface area (Å²) in [6.45, 7) is 0. The third-order valence-electron chi connectivity index (χ3n) is 1.74. The topological polar surface area (TPSA) is 47.8 Å². The molecule has 0 saturated carbocycles. The van der Waals surface area contributed by atoms with Gasteiger partial charge in [0, 0.05) is 7.05 Å². The Morgan fingerprint density at radius 2 is 2.27 bits per heavy atom. The number of hydrogen-bond donors (Lipinski definition) is 0. The lowest BCUT2D eigenvalue weighted by atomic mass is 10.2. The Morgan fingerprint density at radius 1 is 1.53 bits per heavy atom. The van der Waals surface area contributed by atoms with E-state index in [-0.39, 0.29) is 5.78 Å². The lowest BCUT2D eigenvalue weighted by Crippen LogP contribution is -2.00. The van der Waals surface area contributed by atoms with Crippen LogP contribution in [0.25, 0.3) is 0 Å². The number of halogens is 2. The molecule has 2 aromatic heterocycles. The van der Waals surface area contributed by atoms with Crippen molar-refractivity contribution in [1.82, 2.24) is 15.0 Å². The van der Waals surface area contributed by atoms with Crippen molar-refractivity contribution in [2.24, 2.45) is 7.05 Å². The molecule has 78 valence electrons. The van der Waals surface area contributed by atoms with Crippen LogP contribution in [0.15, 0.2) is 19.8 Å². The largest absolute Gasteiger partial charge is 0.287 e. The minimum Gasteiger partial charge on any atom is -0.287 e. The fourth-order valence-electron chi connectivity index (χ4n) is 1.08. The highest BCUT2D eigenvalue weighted by atomic mass is 79.9. The van der Waals surface area contributed by atoms with Crippen LogP contribution in [0.2, 0.25) is 0 Å². The Kier molecular flexibility index (Phi) is 3.03. The third-order valence-corrected chi connectivity index (χ3v) is 4.08. The van der Waals surface area contributed by atoms with Gasteiger partial charge in [0.25, 0.3) is 0 Å². The van der Waals surface area contributed by atoms with E-state index in [1.807, 2.05) is 0 Å². The molecule has 4 nitrogen and oxygen atoms in total. The summed E-state index contributed by atoms with van der Waals surface area (Å²) in [5.74, 6) is -0.128. The van der Waals surface area contributed by atoms with Gasteiger partial charge >= 0.3 is 0 Å². The first-order valence-electron chi connectivity index (χ1n) is 3.94. The van der Waals surface area contributed by atoms with Crippen molar-refractivity contribution in [2.75, 3.05) is 0 Å². The molecule has 0 N–H and O–H groups in total. The molecule has 0 aliphatic carbocycles. The molecule has 0 aliphatic heterocycles. The molecule has 7 heteroatoms. The van der Waals surface area contributed by atoms with E-state index in [0.29, 0.717) is 11.3 Å².